The molecule has 3 nitrogen and oxygen atoms in total. The number of ether oxygens (including phenoxy) is 1. The Labute approximate surface area is 94.2 Å². The highest BCUT2D eigenvalue weighted by Gasteiger charge is 2.15. The Balaban J connectivity index is 2.18. The standard InChI is InChI=1S/C12H26N2O/c1-4-12(5-2)13-11(3)10-14-6-8-15-9-7-14/h11-13H,4-10H2,1-3H3. The van der Waals surface area contributed by atoms with E-state index in [9.17, 15) is 0 Å². The van der Waals surface area contributed by atoms with E-state index in [-0.39, 0.29) is 0 Å². The van der Waals surface area contributed by atoms with Crippen molar-refractivity contribution < 1.29 is 4.74 Å². The molecule has 1 atom stereocenters. The zero-order valence-corrected chi connectivity index (χ0v) is 10.5. The first-order chi connectivity index (χ1) is 7.26. The molecule has 0 aliphatic carbocycles. The minimum atomic E-state index is 0.591. The Kier molecular flexibility index (Phi) is 6.22. The van der Waals surface area contributed by atoms with Gasteiger partial charge in [-0.2, -0.15) is 0 Å². The minimum Gasteiger partial charge on any atom is -0.379 e. The second-order valence-electron chi connectivity index (χ2n) is 4.49. The van der Waals surface area contributed by atoms with Crippen molar-refractivity contribution >= 4 is 0 Å². The summed E-state index contributed by atoms with van der Waals surface area (Å²) in [6.07, 6.45) is 2.45. The fourth-order valence-electron chi connectivity index (χ4n) is 2.15. The first-order valence-electron chi connectivity index (χ1n) is 6.32. The molecule has 1 unspecified atom stereocenters. The average Bonchev–Trinajstić information content (AvgIpc) is 2.27. The maximum absolute atomic E-state index is 5.34. The smallest absolute Gasteiger partial charge is 0.0594 e. The molecule has 15 heavy (non-hydrogen) atoms. The van der Waals surface area contributed by atoms with Crippen molar-refractivity contribution in [3.63, 3.8) is 0 Å². The highest BCUT2D eigenvalue weighted by molar-refractivity contribution is 4.73. The third-order valence-corrected chi connectivity index (χ3v) is 3.14. The van der Waals surface area contributed by atoms with Gasteiger partial charge in [0.15, 0.2) is 0 Å². The molecular formula is C12H26N2O. The van der Waals surface area contributed by atoms with Gasteiger partial charge in [-0.3, -0.25) is 4.90 Å². The summed E-state index contributed by atoms with van der Waals surface area (Å²) < 4.78 is 5.34. The van der Waals surface area contributed by atoms with Crippen LogP contribution in [0.2, 0.25) is 0 Å². The molecule has 1 rings (SSSR count). The lowest BCUT2D eigenvalue weighted by Crippen LogP contribution is -2.46. The maximum atomic E-state index is 5.34. The lowest BCUT2D eigenvalue weighted by Gasteiger charge is -2.31. The number of rotatable bonds is 6. The molecule has 1 fully saturated rings. The van der Waals surface area contributed by atoms with Crippen LogP contribution in [0.1, 0.15) is 33.6 Å². The topological polar surface area (TPSA) is 24.5 Å². The summed E-state index contributed by atoms with van der Waals surface area (Å²) in [5.41, 5.74) is 0. The van der Waals surface area contributed by atoms with Gasteiger partial charge in [0, 0.05) is 31.7 Å². The maximum Gasteiger partial charge on any atom is 0.0594 e. The van der Waals surface area contributed by atoms with Crippen LogP contribution < -0.4 is 5.32 Å². The Morgan fingerprint density at radius 1 is 1.20 bits per heavy atom. The van der Waals surface area contributed by atoms with E-state index in [1.165, 1.54) is 12.8 Å². The van der Waals surface area contributed by atoms with Gasteiger partial charge in [-0.1, -0.05) is 13.8 Å². The molecule has 0 spiro atoms. The Morgan fingerprint density at radius 2 is 1.80 bits per heavy atom. The third kappa shape index (κ3) is 4.96. The second-order valence-corrected chi connectivity index (χ2v) is 4.49. The van der Waals surface area contributed by atoms with Crippen LogP contribution in [-0.4, -0.2) is 49.8 Å². The van der Waals surface area contributed by atoms with Gasteiger partial charge in [-0.25, -0.2) is 0 Å². The van der Waals surface area contributed by atoms with Gasteiger partial charge in [0.05, 0.1) is 13.2 Å². The van der Waals surface area contributed by atoms with Crippen molar-refractivity contribution in [2.75, 3.05) is 32.8 Å². The molecule has 0 bridgehead atoms. The van der Waals surface area contributed by atoms with Crippen LogP contribution in [0.4, 0.5) is 0 Å². The molecule has 0 aromatic heterocycles. The van der Waals surface area contributed by atoms with E-state index in [2.05, 4.69) is 31.0 Å². The molecule has 1 N–H and O–H groups in total. The molecule has 0 amide bonds. The van der Waals surface area contributed by atoms with Gasteiger partial charge in [0.1, 0.15) is 0 Å². The van der Waals surface area contributed by atoms with E-state index >= 15 is 0 Å². The first-order valence-corrected chi connectivity index (χ1v) is 6.32. The summed E-state index contributed by atoms with van der Waals surface area (Å²) in [6, 6.07) is 1.27. The second kappa shape index (κ2) is 7.20. The Bertz CT molecular complexity index is 154. The van der Waals surface area contributed by atoms with Crippen LogP contribution >= 0.6 is 0 Å². The Hall–Kier alpha value is -0.120. The molecule has 1 aliphatic heterocycles. The zero-order valence-electron chi connectivity index (χ0n) is 10.5. The van der Waals surface area contributed by atoms with Gasteiger partial charge < -0.3 is 10.1 Å². The number of nitrogens with zero attached hydrogens (tertiary/aromatic N) is 1. The van der Waals surface area contributed by atoms with E-state index in [0.29, 0.717) is 12.1 Å². The van der Waals surface area contributed by atoms with Crippen molar-refractivity contribution in [3.8, 4) is 0 Å². The van der Waals surface area contributed by atoms with Gasteiger partial charge in [-0.05, 0) is 19.8 Å². The van der Waals surface area contributed by atoms with Crippen molar-refractivity contribution in [1.29, 1.82) is 0 Å². The minimum absolute atomic E-state index is 0.591. The Morgan fingerprint density at radius 3 is 2.33 bits per heavy atom. The number of hydrogen-bond acceptors (Lipinski definition) is 3. The highest BCUT2D eigenvalue weighted by atomic mass is 16.5. The molecule has 0 aromatic carbocycles. The summed E-state index contributed by atoms with van der Waals surface area (Å²) in [4.78, 5) is 2.49. The summed E-state index contributed by atoms with van der Waals surface area (Å²) in [6.45, 7) is 11.9. The van der Waals surface area contributed by atoms with Gasteiger partial charge in [0.2, 0.25) is 0 Å². The quantitative estimate of drug-likeness (QED) is 0.725. The predicted molar refractivity (Wildman–Crippen MR) is 64.2 cm³/mol. The molecule has 0 radical (unpaired) electrons. The fourth-order valence-corrected chi connectivity index (χ4v) is 2.15. The first kappa shape index (κ1) is 12.9. The lowest BCUT2D eigenvalue weighted by molar-refractivity contribution is 0.0338. The SMILES string of the molecule is CCC(CC)NC(C)CN1CCOCC1. The number of hydrogen-bond donors (Lipinski definition) is 1. The van der Waals surface area contributed by atoms with E-state index in [1.54, 1.807) is 0 Å². The van der Waals surface area contributed by atoms with Gasteiger partial charge >= 0.3 is 0 Å². The van der Waals surface area contributed by atoms with E-state index in [1.807, 2.05) is 0 Å². The van der Waals surface area contributed by atoms with Crippen LogP contribution in [-0.2, 0) is 4.74 Å². The molecule has 90 valence electrons. The van der Waals surface area contributed by atoms with E-state index < -0.39 is 0 Å². The summed E-state index contributed by atoms with van der Waals surface area (Å²) in [5.74, 6) is 0. The zero-order chi connectivity index (χ0) is 11.1. The number of morpholine rings is 1. The van der Waals surface area contributed by atoms with Crippen molar-refractivity contribution in [3.05, 3.63) is 0 Å². The average molecular weight is 214 g/mol. The van der Waals surface area contributed by atoms with Crippen LogP contribution in [0.15, 0.2) is 0 Å². The monoisotopic (exact) mass is 214 g/mol. The molecule has 1 saturated heterocycles. The lowest BCUT2D eigenvalue weighted by atomic mass is 10.1. The van der Waals surface area contributed by atoms with Gasteiger partial charge in [0.25, 0.3) is 0 Å². The van der Waals surface area contributed by atoms with Crippen LogP contribution in [0, 0.1) is 0 Å². The normalized spacial score (nSPS) is 20.8. The van der Waals surface area contributed by atoms with Crippen molar-refractivity contribution in [1.82, 2.24) is 10.2 Å². The number of nitrogens with one attached hydrogen (secondary N) is 1. The summed E-state index contributed by atoms with van der Waals surface area (Å²) >= 11 is 0. The van der Waals surface area contributed by atoms with E-state index in [4.69, 9.17) is 4.74 Å². The third-order valence-electron chi connectivity index (χ3n) is 3.14. The summed E-state index contributed by atoms with van der Waals surface area (Å²) in [7, 11) is 0. The van der Waals surface area contributed by atoms with Crippen molar-refractivity contribution in [2.24, 2.45) is 0 Å². The molecule has 0 saturated carbocycles. The molecule has 1 heterocycles. The largest absolute Gasteiger partial charge is 0.379 e. The molecular weight excluding hydrogens is 188 g/mol. The fraction of sp³-hybridized carbons (Fsp3) is 1.00. The predicted octanol–water partition coefficient (Wildman–Crippen LogP) is 1.49. The summed E-state index contributed by atoms with van der Waals surface area (Å²) in [5, 5.41) is 3.68. The highest BCUT2D eigenvalue weighted by Crippen LogP contribution is 2.02. The van der Waals surface area contributed by atoms with Crippen LogP contribution in [0.25, 0.3) is 0 Å². The van der Waals surface area contributed by atoms with Crippen LogP contribution in [0.5, 0.6) is 0 Å². The van der Waals surface area contributed by atoms with E-state index in [0.717, 1.165) is 32.8 Å². The van der Waals surface area contributed by atoms with Gasteiger partial charge in [-0.15, -0.1) is 0 Å². The molecule has 0 aromatic rings. The van der Waals surface area contributed by atoms with Crippen LogP contribution in [0.3, 0.4) is 0 Å². The molecule has 1 aliphatic rings. The van der Waals surface area contributed by atoms with Crippen molar-refractivity contribution in [2.45, 2.75) is 45.7 Å². The molecule has 3 heteroatoms.